The molecular weight excluding hydrogens is 472 g/mol. The van der Waals surface area contributed by atoms with Crippen LogP contribution in [0.2, 0.25) is 0 Å². The zero-order valence-corrected chi connectivity index (χ0v) is 21.2. The van der Waals surface area contributed by atoms with E-state index in [0.717, 1.165) is 54.5 Å². The summed E-state index contributed by atoms with van der Waals surface area (Å²) in [6.07, 6.45) is 2.41. The van der Waals surface area contributed by atoms with Gasteiger partial charge >= 0.3 is 5.97 Å². The van der Waals surface area contributed by atoms with E-state index in [2.05, 4.69) is 17.3 Å². The van der Waals surface area contributed by atoms with Gasteiger partial charge < -0.3 is 29.7 Å². The molecule has 1 saturated heterocycles. The van der Waals surface area contributed by atoms with Gasteiger partial charge in [-0.2, -0.15) is 0 Å². The van der Waals surface area contributed by atoms with Gasteiger partial charge in [-0.25, -0.2) is 9.78 Å². The smallest absolute Gasteiger partial charge is 0.343 e. The number of esters is 1. The summed E-state index contributed by atoms with van der Waals surface area (Å²) in [4.78, 5) is 33.0. The quantitative estimate of drug-likeness (QED) is 0.354. The molecule has 1 aromatic carbocycles. The van der Waals surface area contributed by atoms with Crippen LogP contribution in [-0.2, 0) is 34.8 Å². The predicted octanol–water partition coefficient (Wildman–Crippen LogP) is 2.22. The van der Waals surface area contributed by atoms with E-state index >= 15 is 0 Å². The molecule has 1 fully saturated rings. The Morgan fingerprint density at radius 2 is 2.03 bits per heavy atom. The summed E-state index contributed by atoms with van der Waals surface area (Å²) < 4.78 is 6.79. The fourth-order valence-electron chi connectivity index (χ4n) is 6.11. The Bertz CT molecular complexity index is 1480. The summed E-state index contributed by atoms with van der Waals surface area (Å²) in [6.45, 7) is 5.53. The number of nitrogens with zero attached hydrogens (tertiary/aromatic N) is 3. The van der Waals surface area contributed by atoms with E-state index in [1.807, 2.05) is 6.07 Å². The highest BCUT2D eigenvalue weighted by Crippen LogP contribution is 2.39. The number of ether oxygens (including phenoxy) is 1. The van der Waals surface area contributed by atoms with E-state index in [4.69, 9.17) is 9.72 Å². The average Bonchev–Trinajstić information content (AvgIpc) is 3.26. The van der Waals surface area contributed by atoms with E-state index in [0.29, 0.717) is 41.5 Å². The molecule has 3 aliphatic rings. The Hall–Kier alpha value is -3.27. The van der Waals surface area contributed by atoms with Crippen LogP contribution in [0.25, 0.3) is 22.3 Å². The molecule has 37 heavy (non-hydrogen) atoms. The molecule has 3 aromatic rings. The van der Waals surface area contributed by atoms with Crippen LogP contribution < -0.4 is 10.9 Å². The summed E-state index contributed by atoms with van der Waals surface area (Å²) in [7, 11) is 2.08. The molecule has 1 unspecified atom stereocenters. The fourth-order valence-corrected chi connectivity index (χ4v) is 6.11. The number of aromatic hydroxyl groups is 1. The average molecular weight is 505 g/mol. The van der Waals surface area contributed by atoms with E-state index < -0.39 is 11.6 Å². The van der Waals surface area contributed by atoms with Crippen LogP contribution in [0.15, 0.2) is 29.1 Å². The molecule has 0 aliphatic carbocycles. The number of aromatic nitrogens is 2. The zero-order valence-electron chi connectivity index (χ0n) is 21.2. The number of nitrogens with one attached hydrogen (secondary N) is 1. The first-order valence-electron chi connectivity index (χ1n) is 13.0. The molecule has 0 bridgehead atoms. The largest absolute Gasteiger partial charge is 0.508 e. The number of phenols is 1. The molecule has 9 heteroatoms. The molecule has 0 saturated carbocycles. The number of hydrogen-bond acceptors (Lipinski definition) is 8. The van der Waals surface area contributed by atoms with E-state index in [1.165, 1.54) is 0 Å². The second-order valence-corrected chi connectivity index (χ2v) is 10.6. The molecule has 3 N–H and O–H groups in total. The molecular formula is C28H32N4O5. The summed E-state index contributed by atoms with van der Waals surface area (Å²) in [6, 6.07) is 7.21. The number of carbonyl (C=O) groups excluding carboxylic acids is 1. The predicted molar refractivity (Wildman–Crippen MR) is 138 cm³/mol. The summed E-state index contributed by atoms with van der Waals surface area (Å²) in [5.74, 6) is 0.138. The first kappa shape index (κ1) is 24.1. The van der Waals surface area contributed by atoms with Crippen molar-refractivity contribution in [3.05, 3.63) is 56.9 Å². The Kier molecular flexibility index (Phi) is 5.82. The van der Waals surface area contributed by atoms with Crippen molar-refractivity contribution in [2.45, 2.75) is 51.5 Å². The number of cyclic esters (lactones) is 1. The lowest BCUT2D eigenvalue weighted by Crippen LogP contribution is -2.44. The maximum Gasteiger partial charge on any atom is 0.343 e. The minimum Gasteiger partial charge on any atom is -0.508 e. The van der Waals surface area contributed by atoms with Crippen molar-refractivity contribution in [2.24, 2.45) is 5.92 Å². The SMILES string of the molecule is CCC1(O)C(=O)OCc2c1cc1n(c2=O)Cc2cc3c(CN(C)CC4CCNCC4)c(O)ccc3nc2-1. The Morgan fingerprint density at radius 3 is 2.78 bits per heavy atom. The second kappa shape index (κ2) is 8.93. The van der Waals surface area contributed by atoms with Gasteiger partial charge in [0.15, 0.2) is 5.60 Å². The number of piperidine rings is 1. The third-order valence-electron chi connectivity index (χ3n) is 8.23. The van der Waals surface area contributed by atoms with Crippen LogP contribution in [0.1, 0.15) is 48.4 Å². The Morgan fingerprint density at radius 1 is 1.24 bits per heavy atom. The van der Waals surface area contributed by atoms with Crippen molar-refractivity contribution in [2.75, 3.05) is 26.7 Å². The van der Waals surface area contributed by atoms with Gasteiger partial charge in [0.05, 0.1) is 29.0 Å². The van der Waals surface area contributed by atoms with Crippen LogP contribution in [0.3, 0.4) is 0 Å². The van der Waals surface area contributed by atoms with Crippen molar-refractivity contribution >= 4 is 16.9 Å². The molecule has 1 atom stereocenters. The highest BCUT2D eigenvalue weighted by Gasteiger charge is 2.45. The zero-order chi connectivity index (χ0) is 25.9. The van der Waals surface area contributed by atoms with Gasteiger partial charge in [-0.3, -0.25) is 4.79 Å². The van der Waals surface area contributed by atoms with Gasteiger partial charge in [0.2, 0.25) is 0 Å². The number of hydrogen-bond donors (Lipinski definition) is 3. The summed E-state index contributed by atoms with van der Waals surface area (Å²) in [5.41, 5.74) is 2.15. The summed E-state index contributed by atoms with van der Waals surface area (Å²) >= 11 is 0. The van der Waals surface area contributed by atoms with Crippen molar-refractivity contribution in [3.8, 4) is 17.1 Å². The summed E-state index contributed by atoms with van der Waals surface area (Å²) in [5, 5.41) is 26.1. The molecule has 0 radical (unpaired) electrons. The van der Waals surface area contributed by atoms with E-state index in [-0.39, 0.29) is 24.3 Å². The highest BCUT2D eigenvalue weighted by molar-refractivity contribution is 5.89. The van der Waals surface area contributed by atoms with Crippen LogP contribution >= 0.6 is 0 Å². The first-order valence-corrected chi connectivity index (χ1v) is 13.0. The molecule has 3 aliphatic heterocycles. The van der Waals surface area contributed by atoms with Crippen molar-refractivity contribution < 1.29 is 19.7 Å². The normalized spacial score (nSPS) is 21.1. The first-order chi connectivity index (χ1) is 17.8. The van der Waals surface area contributed by atoms with Gasteiger partial charge in [-0.15, -0.1) is 0 Å². The van der Waals surface area contributed by atoms with Crippen LogP contribution in [-0.4, -0.2) is 57.3 Å². The van der Waals surface area contributed by atoms with E-state index in [1.54, 1.807) is 29.7 Å². The van der Waals surface area contributed by atoms with Gasteiger partial charge in [-0.1, -0.05) is 6.92 Å². The fraction of sp³-hybridized carbons (Fsp3) is 0.464. The Labute approximate surface area is 214 Å². The molecule has 194 valence electrons. The maximum atomic E-state index is 13.4. The topological polar surface area (TPSA) is 117 Å². The van der Waals surface area contributed by atoms with Crippen molar-refractivity contribution in [1.29, 1.82) is 0 Å². The minimum absolute atomic E-state index is 0.104. The standard InChI is InChI=1S/C28H32N4O5/c1-3-28(36)21-11-23-25-17(13-32(23)26(34)20(21)15-37-27(28)35)10-18-19(24(33)5-4-22(18)30-25)14-31(2)12-16-6-8-29-9-7-16/h4-5,10-11,16,29,33,36H,3,6-9,12-15H2,1-2H3. The minimum atomic E-state index is -1.85. The van der Waals surface area contributed by atoms with Crippen LogP contribution in [0.5, 0.6) is 5.75 Å². The Balaban J connectivity index is 1.40. The van der Waals surface area contributed by atoms with Gasteiger partial charge in [-0.05, 0) is 69.6 Å². The third-order valence-corrected chi connectivity index (χ3v) is 8.23. The van der Waals surface area contributed by atoms with Gasteiger partial charge in [0.1, 0.15) is 12.4 Å². The number of carbonyl (C=O) groups is 1. The molecule has 0 spiro atoms. The number of pyridine rings is 2. The lowest BCUT2D eigenvalue weighted by Gasteiger charge is -2.31. The number of phenolic OH excluding ortho intramolecular Hbond substituents is 1. The molecule has 9 nitrogen and oxygen atoms in total. The second-order valence-electron chi connectivity index (χ2n) is 10.6. The number of benzene rings is 1. The van der Waals surface area contributed by atoms with Gasteiger partial charge in [0, 0.05) is 35.2 Å². The van der Waals surface area contributed by atoms with Crippen LogP contribution in [0.4, 0.5) is 0 Å². The van der Waals surface area contributed by atoms with Crippen molar-refractivity contribution in [3.63, 3.8) is 0 Å². The number of fused-ring (bicyclic) bond motifs is 5. The number of aliphatic hydroxyl groups is 1. The molecule has 5 heterocycles. The van der Waals surface area contributed by atoms with Gasteiger partial charge in [0.25, 0.3) is 5.56 Å². The molecule has 2 aromatic heterocycles. The molecule has 6 rings (SSSR count). The van der Waals surface area contributed by atoms with Crippen LogP contribution in [0, 0.1) is 5.92 Å². The lowest BCUT2D eigenvalue weighted by atomic mass is 9.86. The monoisotopic (exact) mass is 504 g/mol. The maximum absolute atomic E-state index is 13.4. The van der Waals surface area contributed by atoms with Crippen molar-refractivity contribution in [1.82, 2.24) is 19.8 Å². The molecule has 0 amide bonds. The van der Waals surface area contributed by atoms with E-state index in [9.17, 15) is 19.8 Å². The third kappa shape index (κ3) is 3.84. The lowest BCUT2D eigenvalue weighted by molar-refractivity contribution is -0.172. The highest BCUT2D eigenvalue weighted by atomic mass is 16.6. The number of rotatable bonds is 5.